The third-order valence-corrected chi connectivity index (χ3v) is 2.61. The molecule has 0 unspecified atom stereocenters. The van der Waals surface area contributed by atoms with Gasteiger partial charge in [-0.15, -0.1) is 0 Å². The minimum absolute atomic E-state index is 0.408. The second-order valence-corrected chi connectivity index (χ2v) is 3.87. The number of imidazole rings is 1. The molecule has 2 heterocycles. The quantitative estimate of drug-likeness (QED) is 0.759. The van der Waals surface area contributed by atoms with Crippen LogP contribution in [0.15, 0.2) is 28.9 Å². The van der Waals surface area contributed by atoms with Crippen LogP contribution in [0.4, 0.5) is 0 Å². The van der Waals surface area contributed by atoms with Crippen molar-refractivity contribution in [2.75, 3.05) is 0 Å². The summed E-state index contributed by atoms with van der Waals surface area (Å²) >= 11 is 5.72. The summed E-state index contributed by atoms with van der Waals surface area (Å²) in [5.74, 6) is 1.62. The van der Waals surface area contributed by atoms with Gasteiger partial charge in [0.05, 0.1) is 0 Å². The highest BCUT2D eigenvalue weighted by Crippen LogP contribution is 2.38. The van der Waals surface area contributed by atoms with Crippen molar-refractivity contribution in [3.05, 3.63) is 29.7 Å². The number of hydrogen-bond donors (Lipinski definition) is 0. The van der Waals surface area contributed by atoms with Crippen LogP contribution in [0.5, 0.6) is 0 Å². The second-order valence-electron chi connectivity index (χ2n) is 3.49. The van der Waals surface area contributed by atoms with Gasteiger partial charge < -0.3 is 8.98 Å². The van der Waals surface area contributed by atoms with Crippen LogP contribution in [0, 0.1) is 0 Å². The summed E-state index contributed by atoms with van der Waals surface area (Å²) in [6.45, 7) is 0. The second kappa shape index (κ2) is 2.89. The van der Waals surface area contributed by atoms with E-state index in [9.17, 15) is 0 Å². The van der Waals surface area contributed by atoms with E-state index in [1.54, 1.807) is 12.3 Å². The molecule has 0 saturated heterocycles. The molecule has 2 aromatic heterocycles. The maximum Gasteiger partial charge on any atom is 0.194 e. The molecule has 3 nitrogen and oxygen atoms in total. The first-order valence-electron chi connectivity index (χ1n) is 4.63. The van der Waals surface area contributed by atoms with E-state index in [-0.39, 0.29) is 0 Å². The Hall–Kier alpha value is -1.22. The SMILES string of the molecule is Clc1ccc(-c2nccn2C2CC2)o1. The van der Waals surface area contributed by atoms with Crippen LogP contribution >= 0.6 is 11.6 Å². The molecule has 0 bridgehead atoms. The highest BCUT2D eigenvalue weighted by molar-refractivity contribution is 6.28. The Kier molecular flexibility index (Phi) is 1.67. The molecule has 1 aliphatic carbocycles. The predicted molar refractivity (Wildman–Crippen MR) is 53.2 cm³/mol. The molecule has 3 rings (SSSR count). The minimum atomic E-state index is 0.408. The van der Waals surface area contributed by atoms with Crippen LogP contribution in [0.1, 0.15) is 18.9 Å². The van der Waals surface area contributed by atoms with Gasteiger partial charge in [0, 0.05) is 18.4 Å². The lowest BCUT2D eigenvalue weighted by Gasteiger charge is -2.02. The van der Waals surface area contributed by atoms with Gasteiger partial charge in [-0.05, 0) is 36.6 Å². The van der Waals surface area contributed by atoms with Crippen molar-refractivity contribution < 1.29 is 4.42 Å². The van der Waals surface area contributed by atoms with Gasteiger partial charge in [-0.3, -0.25) is 0 Å². The van der Waals surface area contributed by atoms with E-state index >= 15 is 0 Å². The first-order valence-corrected chi connectivity index (χ1v) is 5.01. The van der Waals surface area contributed by atoms with E-state index in [2.05, 4.69) is 9.55 Å². The molecule has 1 saturated carbocycles. The number of hydrogen-bond acceptors (Lipinski definition) is 2. The molecule has 1 fully saturated rings. The summed E-state index contributed by atoms with van der Waals surface area (Å²) in [5, 5.41) is 0.408. The monoisotopic (exact) mass is 208 g/mol. The van der Waals surface area contributed by atoms with Gasteiger partial charge >= 0.3 is 0 Å². The molecular formula is C10H9ClN2O. The van der Waals surface area contributed by atoms with Gasteiger partial charge in [0.15, 0.2) is 16.8 Å². The number of furan rings is 1. The minimum Gasteiger partial charge on any atom is -0.441 e. The van der Waals surface area contributed by atoms with E-state index in [1.165, 1.54) is 12.8 Å². The molecule has 72 valence electrons. The van der Waals surface area contributed by atoms with E-state index in [4.69, 9.17) is 16.0 Å². The molecule has 14 heavy (non-hydrogen) atoms. The Bertz CT molecular complexity index is 456. The lowest BCUT2D eigenvalue weighted by Crippen LogP contribution is -1.94. The van der Waals surface area contributed by atoms with Gasteiger partial charge in [-0.2, -0.15) is 0 Å². The van der Waals surface area contributed by atoms with Crippen LogP contribution in [0.3, 0.4) is 0 Å². The fourth-order valence-corrected chi connectivity index (χ4v) is 1.73. The largest absolute Gasteiger partial charge is 0.441 e. The van der Waals surface area contributed by atoms with Crippen molar-refractivity contribution in [3.8, 4) is 11.6 Å². The molecule has 0 atom stereocenters. The topological polar surface area (TPSA) is 31.0 Å². The van der Waals surface area contributed by atoms with Crippen molar-refractivity contribution in [3.63, 3.8) is 0 Å². The van der Waals surface area contributed by atoms with Gasteiger partial charge in [0.25, 0.3) is 0 Å². The Morgan fingerprint density at radius 2 is 2.29 bits per heavy atom. The molecule has 4 heteroatoms. The molecule has 0 amide bonds. The zero-order valence-electron chi connectivity index (χ0n) is 7.48. The van der Waals surface area contributed by atoms with E-state index in [1.807, 2.05) is 12.3 Å². The average molecular weight is 209 g/mol. The van der Waals surface area contributed by atoms with Crippen LogP contribution in [0.2, 0.25) is 5.22 Å². The van der Waals surface area contributed by atoms with E-state index in [0.717, 1.165) is 11.6 Å². The van der Waals surface area contributed by atoms with Gasteiger partial charge in [0.2, 0.25) is 0 Å². The summed E-state index contributed by atoms with van der Waals surface area (Å²) in [7, 11) is 0. The van der Waals surface area contributed by atoms with Crippen LogP contribution in [-0.4, -0.2) is 9.55 Å². The molecule has 0 spiro atoms. The Labute approximate surface area is 86.3 Å². The normalized spacial score (nSPS) is 16.1. The summed E-state index contributed by atoms with van der Waals surface area (Å²) in [6, 6.07) is 4.20. The molecule has 0 aromatic carbocycles. The van der Waals surface area contributed by atoms with E-state index in [0.29, 0.717) is 11.3 Å². The van der Waals surface area contributed by atoms with Crippen LogP contribution < -0.4 is 0 Å². The predicted octanol–water partition coefficient (Wildman–Crippen LogP) is 3.13. The van der Waals surface area contributed by atoms with Crippen LogP contribution in [-0.2, 0) is 0 Å². The first-order chi connectivity index (χ1) is 6.84. The fraction of sp³-hybridized carbons (Fsp3) is 0.300. The summed E-state index contributed by atoms with van der Waals surface area (Å²) in [6.07, 6.45) is 6.25. The lowest BCUT2D eigenvalue weighted by molar-refractivity contribution is 0.571. The van der Waals surface area contributed by atoms with Crippen molar-refractivity contribution in [2.24, 2.45) is 0 Å². The summed E-state index contributed by atoms with van der Waals surface area (Å²) in [5.41, 5.74) is 0. The van der Waals surface area contributed by atoms with Crippen molar-refractivity contribution in [1.82, 2.24) is 9.55 Å². The number of aromatic nitrogens is 2. The fourth-order valence-electron chi connectivity index (χ4n) is 1.59. The molecule has 0 radical (unpaired) electrons. The Morgan fingerprint density at radius 1 is 1.43 bits per heavy atom. The molecule has 2 aromatic rings. The maximum atomic E-state index is 5.72. The smallest absolute Gasteiger partial charge is 0.194 e. The van der Waals surface area contributed by atoms with Crippen molar-refractivity contribution in [2.45, 2.75) is 18.9 Å². The van der Waals surface area contributed by atoms with E-state index < -0.39 is 0 Å². The highest BCUT2D eigenvalue weighted by Gasteiger charge is 2.26. The zero-order valence-corrected chi connectivity index (χ0v) is 8.24. The van der Waals surface area contributed by atoms with Gasteiger partial charge in [-0.25, -0.2) is 4.98 Å². The number of nitrogens with zero attached hydrogens (tertiary/aromatic N) is 2. The van der Waals surface area contributed by atoms with Crippen LogP contribution in [0.25, 0.3) is 11.6 Å². The molecular weight excluding hydrogens is 200 g/mol. The maximum absolute atomic E-state index is 5.72. The molecule has 0 N–H and O–H groups in total. The third kappa shape index (κ3) is 1.24. The third-order valence-electron chi connectivity index (χ3n) is 2.40. The van der Waals surface area contributed by atoms with Crippen molar-refractivity contribution >= 4 is 11.6 Å². The summed E-state index contributed by atoms with van der Waals surface area (Å²) in [4.78, 5) is 4.27. The van der Waals surface area contributed by atoms with Gasteiger partial charge in [-0.1, -0.05) is 0 Å². The van der Waals surface area contributed by atoms with Crippen molar-refractivity contribution in [1.29, 1.82) is 0 Å². The standard InChI is InChI=1S/C10H9ClN2O/c11-9-4-3-8(14-9)10-12-5-6-13(10)7-1-2-7/h3-7H,1-2H2. The number of rotatable bonds is 2. The Morgan fingerprint density at radius 3 is 2.93 bits per heavy atom. The zero-order chi connectivity index (χ0) is 9.54. The number of halogens is 1. The Balaban J connectivity index is 2.06. The molecule has 1 aliphatic rings. The molecule has 0 aliphatic heterocycles. The first kappa shape index (κ1) is 8.12. The van der Waals surface area contributed by atoms with Gasteiger partial charge in [0.1, 0.15) is 0 Å². The lowest BCUT2D eigenvalue weighted by atomic mass is 10.4. The average Bonchev–Trinajstić information content (AvgIpc) is 2.75. The summed E-state index contributed by atoms with van der Waals surface area (Å²) < 4.78 is 7.48. The highest BCUT2D eigenvalue weighted by atomic mass is 35.5.